The fourth-order valence-electron chi connectivity index (χ4n) is 2.52. The summed E-state index contributed by atoms with van der Waals surface area (Å²) < 4.78 is 18.6. The number of likely N-dealkylation sites (N-methyl/N-ethyl adjacent to an activating group) is 1. The lowest BCUT2D eigenvalue weighted by molar-refractivity contribution is -0.127. The van der Waals surface area contributed by atoms with E-state index in [1.807, 2.05) is 6.07 Å². The Bertz CT molecular complexity index is 782. The van der Waals surface area contributed by atoms with Crippen LogP contribution in [0.2, 0.25) is 0 Å². The van der Waals surface area contributed by atoms with Gasteiger partial charge >= 0.3 is 0 Å². The molecule has 2 amide bonds. The molecule has 130 valence electrons. The number of rotatable bonds is 4. The van der Waals surface area contributed by atoms with Gasteiger partial charge in [0.1, 0.15) is 11.6 Å². The molecule has 5 nitrogen and oxygen atoms in total. The van der Waals surface area contributed by atoms with Crippen LogP contribution in [0.5, 0.6) is 5.75 Å². The van der Waals surface area contributed by atoms with E-state index in [9.17, 15) is 14.0 Å². The van der Waals surface area contributed by atoms with Gasteiger partial charge in [0.05, 0.1) is 18.0 Å². The summed E-state index contributed by atoms with van der Waals surface area (Å²) in [6, 6.07) is 13.1. The highest BCUT2D eigenvalue weighted by atomic mass is 32.2. The molecule has 0 bridgehead atoms. The second-order valence-corrected chi connectivity index (χ2v) is 6.48. The summed E-state index contributed by atoms with van der Waals surface area (Å²) in [6.45, 7) is 0.152. The van der Waals surface area contributed by atoms with Crippen molar-refractivity contribution in [1.82, 2.24) is 5.32 Å². The van der Waals surface area contributed by atoms with E-state index in [-0.39, 0.29) is 29.9 Å². The summed E-state index contributed by atoms with van der Waals surface area (Å²) in [5.41, 5.74) is 0.646. The summed E-state index contributed by atoms with van der Waals surface area (Å²) >= 11 is 1.32. The van der Waals surface area contributed by atoms with Crippen LogP contribution >= 0.6 is 11.8 Å². The lowest BCUT2D eigenvalue weighted by Crippen LogP contribution is -2.50. The highest BCUT2D eigenvalue weighted by Gasteiger charge is 2.33. The van der Waals surface area contributed by atoms with E-state index >= 15 is 0 Å². The smallest absolute Gasteiger partial charge is 0.262 e. The second-order valence-electron chi connectivity index (χ2n) is 5.44. The van der Waals surface area contributed by atoms with Gasteiger partial charge in [-0.05, 0) is 36.4 Å². The fourth-order valence-corrected chi connectivity index (χ4v) is 3.30. The molecule has 0 unspecified atom stereocenters. The van der Waals surface area contributed by atoms with Gasteiger partial charge in [-0.15, -0.1) is 11.8 Å². The third kappa shape index (κ3) is 3.93. The zero-order valence-electron chi connectivity index (χ0n) is 13.6. The number of carbonyl (C=O) groups is 2. The number of benzene rings is 2. The summed E-state index contributed by atoms with van der Waals surface area (Å²) in [5, 5.41) is 2.55. The number of nitrogens with zero attached hydrogens (tertiary/aromatic N) is 1. The molecule has 7 heteroatoms. The minimum atomic E-state index is -0.750. The number of para-hydroxylation sites is 2. The number of nitrogens with one attached hydrogen (secondary N) is 1. The summed E-state index contributed by atoms with van der Waals surface area (Å²) in [6.07, 6.45) is -0.750. The van der Waals surface area contributed by atoms with Gasteiger partial charge in [0.15, 0.2) is 6.10 Å². The molecule has 3 rings (SSSR count). The van der Waals surface area contributed by atoms with Gasteiger partial charge in [0, 0.05) is 11.9 Å². The normalized spacial score (nSPS) is 15.9. The highest BCUT2D eigenvalue weighted by Crippen LogP contribution is 2.34. The van der Waals surface area contributed by atoms with Gasteiger partial charge in [0.2, 0.25) is 5.91 Å². The van der Waals surface area contributed by atoms with E-state index < -0.39 is 6.10 Å². The first-order valence-electron chi connectivity index (χ1n) is 7.74. The molecule has 0 saturated carbocycles. The summed E-state index contributed by atoms with van der Waals surface area (Å²) in [4.78, 5) is 27.0. The Morgan fingerprint density at radius 2 is 1.96 bits per heavy atom. The molecule has 0 aromatic heterocycles. The number of fused-ring (bicyclic) bond motifs is 1. The summed E-state index contributed by atoms with van der Waals surface area (Å²) in [7, 11) is 1.53. The molecule has 25 heavy (non-hydrogen) atoms. The largest absolute Gasteiger partial charge is 0.477 e. The molecule has 0 spiro atoms. The minimum absolute atomic E-state index is 0.140. The van der Waals surface area contributed by atoms with Crippen LogP contribution in [0.1, 0.15) is 0 Å². The second kappa shape index (κ2) is 7.57. The van der Waals surface area contributed by atoms with Crippen molar-refractivity contribution in [1.29, 1.82) is 0 Å². The standard InChI is InChI=1S/C18H17FN2O3S/c1-20-18(23)16-10-21(14-4-2-3-5-15(14)24-16)17(22)11-25-13-8-6-12(19)7-9-13/h2-9,16H,10-11H2,1H3,(H,20,23)/t16-/m1/s1. The first-order valence-corrected chi connectivity index (χ1v) is 8.73. The molecule has 0 radical (unpaired) electrons. The van der Waals surface area contributed by atoms with Gasteiger partial charge in [-0.25, -0.2) is 4.39 Å². The number of carbonyl (C=O) groups excluding carboxylic acids is 2. The van der Waals surface area contributed by atoms with E-state index in [2.05, 4.69) is 5.32 Å². The molecule has 1 N–H and O–H groups in total. The van der Waals surface area contributed by atoms with E-state index in [0.717, 1.165) is 4.90 Å². The van der Waals surface area contributed by atoms with Crippen molar-refractivity contribution in [2.75, 3.05) is 24.2 Å². The first kappa shape index (κ1) is 17.3. The Labute approximate surface area is 149 Å². The fraction of sp³-hybridized carbons (Fsp3) is 0.222. The topological polar surface area (TPSA) is 58.6 Å². The quantitative estimate of drug-likeness (QED) is 0.851. The maximum absolute atomic E-state index is 13.0. The number of thioether (sulfide) groups is 1. The average molecular weight is 360 g/mol. The van der Waals surface area contributed by atoms with Crippen molar-refractivity contribution in [2.45, 2.75) is 11.0 Å². The van der Waals surface area contributed by atoms with Crippen LogP contribution in [-0.2, 0) is 9.59 Å². The van der Waals surface area contributed by atoms with Gasteiger partial charge < -0.3 is 15.0 Å². The highest BCUT2D eigenvalue weighted by molar-refractivity contribution is 8.00. The first-order chi connectivity index (χ1) is 12.1. The van der Waals surface area contributed by atoms with Crippen molar-refractivity contribution in [2.24, 2.45) is 0 Å². The molecule has 0 fully saturated rings. The van der Waals surface area contributed by atoms with Crippen LogP contribution in [0.15, 0.2) is 53.4 Å². The number of hydrogen-bond acceptors (Lipinski definition) is 4. The van der Waals surface area contributed by atoms with Crippen molar-refractivity contribution < 1.29 is 18.7 Å². The number of ether oxygens (including phenoxy) is 1. The maximum atomic E-state index is 13.0. The molecular formula is C18H17FN2O3S. The predicted octanol–water partition coefficient (Wildman–Crippen LogP) is 2.46. The monoisotopic (exact) mass is 360 g/mol. The maximum Gasteiger partial charge on any atom is 0.262 e. The van der Waals surface area contributed by atoms with Crippen LogP contribution in [0, 0.1) is 5.82 Å². The van der Waals surface area contributed by atoms with Crippen molar-refractivity contribution in [3.8, 4) is 5.75 Å². The minimum Gasteiger partial charge on any atom is -0.477 e. The molecular weight excluding hydrogens is 343 g/mol. The van der Waals surface area contributed by atoms with Gasteiger partial charge in [0.25, 0.3) is 5.91 Å². The van der Waals surface area contributed by atoms with E-state index in [4.69, 9.17) is 4.74 Å². The molecule has 2 aromatic carbocycles. The van der Waals surface area contributed by atoms with Crippen molar-refractivity contribution in [3.63, 3.8) is 0 Å². The molecule has 0 aliphatic carbocycles. The van der Waals surface area contributed by atoms with Gasteiger partial charge in [-0.3, -0.25) is 9.59 Å². The molecule has 1 aliphatic rings. The molecule has 2 aromatic rings. The number of halogens is 1. The molecule has 0 saturated heterocycles. The number of anilines is 1. The number of hydrogen-bond donors (Lipinski definition) is 1. The summed E-state index contributed by atoms with van der Waals surface area (Å²) in [5.74, 6) is -0.0494. The van der Waals surface area contributed by atoms with Crippen molar-refractivity contribution >= 4 is 29.3 Å². The lowest BCUT2D eigenvalue weighted by Gasteiger charge is -2.34. The Kier molecular flexibility index (Phi) is 5.23. The number of amides is 2. The zero-order chi connectivity index (χ0) is 17.8. The molecule has 1 aliphatic heterocycles. The van der Waals surface area contributed by atoms with Gasteiger partial charge in [-0.2, -0.15) is 0 Å². The Balaban J connectivity index is 1.75. The lowest BCUT2D eigenvalue weighted by atomic mass is 10.2. The molecule has 1 heterocycles. The van der Waals surface area contributed by atoms with E-state index in [1.165, 1.54) is 30.9 Å². The van der Waals surface area contributed by atoms with Crippen molar-refractivity contribution in [3.05, 3.63) is 54.3 Å². The Morgan fingerprint density at radius 1 is 1.24 bits per heavy atom. The van der Waals surface area contributed by atoms with Crippen LogP contribution in [0.4, 0.5) is 10.1 Å². The predicted molar refractivity (Wildman–Crippen MR) is 94.4 cm³/mol. The third-order valence-electron chi connectivity index (χ3n) is 3.79. The van der Waals surface area contributed by atoms with E-state index in [1.54, 1.807) is 35.2 Å². The van der Waals surface area contributed by atoms with Crippen LogP contribution in [-0.4, -0.2) is 37.3 Å². The van der Waals surface area contributed by atoms with E-state index in [0.29, 0.717) is 11.4 Å². The Morgan fingerprint density at radius 3 is 2.68 bits per heavy atom. The molecule has 1 atom stereocenters. The van der Waals surface area contributed by atoms with Crippen LogP contribution < -0.4 is 15.0 Å². The average Bonchev–Trinajstić information content (AvgIpc) is 2.65. The van der Waals surface area contributed by atoms with Crippen LogP contribution in [0.25, 0.3) is 0 Å². The Hall–Kier alpha value is -2.54. The van der Waals surface area contributed by atoms with Gasteiger partial charge in [-0.1, -0.05) is 12.1 Å². The van der Waals surface area contributed by atoms with Crippen LogP contribution in [0.3, 0.4) is 0 Å². The SMILES string of the molecule is CNC(=O)[C@H]1CN(C(=O)CSc2ccc(F)cc2)c2ccccc2O1. The zero-order valence-corrected chi connectivity index (χ0v) is 14.4. The third-order valence-corrected chi connectivity index (χ3v) is 4.79.